The van der Waals surface area contributed by atoms with Crippen molar-refractivity contribution in [2.24, 2.45) is 11.8 Å². The Morgan fingerprint density at radius 3 is 1.93 bits per heavy atom. The summed E-state index contributed by atoms with van der Waals surface area (Å²) in [4.78, 5) is 55.1. The molecule has 3 N–H and O–H groups in total. The van der Waals surface area contributed by atoms with Crippen LogP contribution in [0.5, 0.6) is 0 Å². The molecule has 0 aliphatic heterocycles. The number of hydrogen-bond donors (Lipinski definition) is 3. The van der Waals surface area contributed by atoms with E-state index in [0.717, 1.165) is 16.0 Å². The maximum atomic E-state index is 14.2. The third kappa shape index (κ3) is 8.24. The zero-order valence-electron chi connectivity index (χ0n) is 27.0. The first-order valence-corrected chi connectivity index (χ1v) is 15.0. The van der Waals surface area contributed by atoms with Gasteiger partial charge >= 0.3 is 6.09 Å². The van der Waals surface area contributed by atoms with E-state index in [0.29, 0.717) is 12.8 Å². The number of carbonyl (C=O) groups excluding carboxylic acids is 4. The van der Waals surface area contributed by atoms with Gasteiger partial charge in [0.1, 0.15) is 17.7 Å². The number of ether oxygens (including phenoxy) is 2. The minimum absolute atomic E-state index is 0.324. The van der Waals surface area contributed by atoms with Crippen molar-refractivity contribution in [3.63, 3.8) is 0 Å². The van der Waals surface area contributed by atoms with Crippen LogP contribution in [0.3, 0.4) is 0 Å². The van der Waals surface area contributed by atoms with E-state index in [-0.39, 0.29) is 5.91 Å². The first-order chi connectivity index (χ1) is 20.6. The predicted octanol–water partition coefficient (Wildman–Crippen LogP) is 4.01. The third-order valence-electron chi connectivity index (χ3n) is 8.40. The number of Topliss-reactive ketones (excluding diaryl/α,β-unsaturated/α-hetero) is 1. The summed E-state index contributed by atoms with van der Waals surface area (Å²) >= 11 is 0. The van der Waals surface area contributed by atoms with Crippen LogP contribution in [0, 0.1) is 11.8 Å². The normalized spacial score (nSPS) is 22.0. The van der Waals surface area contributed by atoms with Gasteiger partial charge in [-0.05, 0) is 65.5 Å². The van der Waals surface area contributed by atoms with Gasteiger partial charge < -0.3 is 25.2 Å². The minimum atomic E-state index is -1.34. The number of nitrogens with zero attached hydrogens (tertiary/aromatic N) is 1. The highest BCUT2D eigenvalue weighted by molar-refractivity contribution is 5.97. The summed E-state index contributed by atoms with van der Waals surface area (Å²) in [6, 6.07) is 16.3. The van der Waals surface area contributed by atoms with Crippen LogP contribution in [0.1, 0.15) is 71.6 Å². The van der Waals surface area contributed by atoms with Crippen molar-refractivity contribution in [3.8, 4) is 0 Å². The third-order valence-corrected chi connectivity index (χ3v) is 8.40. The predicted molar refractivity (Wildman–Crippen MR) is 167 cm³/mol. The fraction of sp³-hybridized carbons (Fsp3) is 0.529. The van der Waals surface area contributed by atoms with Crippen LogP contribution in [0.2, 0.25) is 0 Å². The van der Waals surface area contributed by atoms with Crippen LogP contribution >= 0.6 is 0 Å². The first kappa shape index (κ1) is 34.7. The van der Waals surface area contributed by atoms with E-state index in [1.54, 1.807) is 27.7 Å². The number of nitrogens with one attached hydrogen (secondary N) is 2. The molecule has 240 valence electrons. The lowest BCUT2D eigenvalue weighted by Crippen LogP contribution is -2.58. The van der Waals surface area contributed by atoms with E-state index in [1.165, 1.54) is 28.0 Å². The molecular formula is C34H47N3O7. The van der Waals surface area contributed by atoms with Gasteiger partial charge in [-0.2, -0.15) is 0 Å². The van der Waals surface area contributed by atoms with Gasteiger partial charge in [-0.25, -0.2) is 4.79 Å². The lowest BCUT2D eigenvalue weighted by molar-refractivity contribution is -0.145. The number of hydrogen-bond acceptors (Lipinski definition) is 7. The van der Waals surface area contributed by atoms with Gasteiger partial charge in [0.05, 0.1) is 29.6 Å². The number of aliphatic hydroxyl groups is 1. The number of aliphatic hydroxyl groups excluding tert-OH is 1. The van der Waals surface area contributed by atoms with E-state index in [9.17, 15) is 24.3 Å². The van der Waals surface area contributed by atoms with Crippen molar-refractivity contribution in [2.45, 2.75) is 89.8 Å². The molecule has 0 saturated heterocycles. The van der Waals surface area contributed by atoms with Crippen molar-refractivity contribution in [1.82, 2.24) is 15.5 Å². The van der Waals surface area contributed by atoms with Crippen LogP contribution in [-0.2, 0) is 23.9 Å². The maximum absolute atomic E-state index is 14.2. The van der Waals surface area contributed by atoms with Gasteiger partial charge in [0.15, 0.2) is 5.78 Å². The maximum Gasteiger partial charge on any atom is 0.410 e. The minimum Gasteiger partial charge on any atom is -0.444 e. The van der Waals surface area contributed by atoms with Crippen LogP contribution < -0.4 is 10.6 Å². The van der Waals surface area contributed by atoms with Gasteiger partial charge in [0, 0.05) is 14.2 Å². The molecule has 2 aromatic carbocycles. The van der Waals surface area contributed by atoms with Crippen molar-refractivity contribution >= 4 is 23.7 Å². The number of likely N-dealkylation sites (N-methyl/N-ethyl adjacent to an activating group) is 1. The summed E-state index contributed by atoms with van der Waals surface area (Å²) in [6.45, 7) is 9.83. The second-order valence-corrected chi connectivity index (χ2v) is 12.8. The summed E-state index contributed by atoms with van der Waals surface area (Å²) in [7, 11) is 2.91. The molecule has 0 bridgehead atoms. The molecule has 0 heterocycles. The molecule has 2 aromatic rings. The molecule has 1 aliphatic rings. The lowest BCUT2D eigenvalue weighted by Gasteiger charge is -2.36. The molecule has 3 amide bonds. The Hall–Kier alpha value is -3.76. The molecule has 3 rings (SSSR count). The Kier molecular flexibility index (Phi) is 11.3. The number of methoxy groups -OCH3 is 1. The Bertz CT molecular complexity index is 1260. The summed E-state index contributed by atoms with van der Waals surface area (Å²) in [5.41, 5.74) is 0.00650. The van der Waals surface area contributed by atoms with E-state index >= 15 is 0 Å². The summed E-state index contributed by atoms with van der Waals surface area (Å²) < 4.78 is 11.2. The second kappa shape index (κ2) is 14.3. The van der Waals surface area contributed by atoms with Crippen LogP contribution in [0.4, 0.5) is 4.79 Å². The molecule has 6 atom stereocenters. The van der Waals surface area contributed by atoms with Crippen LogP contribution in [-0.4, -0.2) is 77.2 Å². The molecule has 1 aliphatic carbocycles. The number of benzene rings is 2. The number of ketones is 1. The average molecular weight is 610 g/mol. The van der Waals surface area contributed by atoms with E-state index in [4.69, 9.17) is 9.47 Å². The van der Waals surface area contributed by atoms with Crippen LogP contribution in [0.25, 0.3) is 0 Å². The molecule has 1 saturated carbocycles. The van der Waals surface area contributed by atoms with Crippen molar-refractivity contribution in [2.75, 3.05) is 14.2 Å². The quantitative estimate of drug-likeness (QED) is 0.351. The van der Waals surface area contributed by atoms with Crippen LogP contribution in [0.15, 0.2) is 60.7 Å². The summed E-state index contributed by atoms with van der Waals surface area (Å²) in [6.07, 6.45) is -1.18. The first-order valence-electron chi connectivity index (χ1n) is 15.0. The topological polar surface area (TPSA) is 134 Å². The Balaban J connectivity index is 1.87. The summed E-state index contributed by atoms with van der Waals surface area (Å²) in [5, 5.41) is 16.5. The van der Waals surface area contributed by atoms with E-state index in [1.807, 2.05) is 60.7 Å². The largest absolute Gasteiger partial charge is 0.444 e. The van der Waals surface area contributed by atoms with Gasteiger partial charge in [-0.3, -0.25) is 19.3 Å². The fourth-order valence-corrected chi connectivity index (χ4v) is 5.66. The monoisotopic (exact) mass is 609 g/mol. The fourth-order valence-electron chi connectivity index (χ4n) is 5.66. The molecule has 0 radical (unpaired) electrons. The number of amides is 3. The number of rotatable bonds is 11. The highest BCUT2D eigenvalue weighted by Crippen LogP contribution is 2.44. The van der Waals surface area contributed by atoms with Gasteiger partial charge in [0.2, 0.25) is 11.8 Å². The van der Waals surface area contributed by atoms with E-state index in [2.05, 4.69) is 10.6 Å². The Morgan fingerprint density at radius 1 is 0.955 bits per heavy atom. The molecule has 44 heavy (non-hydrogen) atoms. The zero-order valence-corrected chi connectivity index (χ0v) is 27.0. The molecule has 0 spiro atoms. The highest BCUT2D eigenvalue weighted by Gasteiger charge is 2.54. The average Bonchev–Trinajstić information content (AvgIpc) is 3.34. The molecule has 1 fully saturated rings. The molecule has 10 heteroatoms. The Morgan fingerprint density at radius 2 is 1.48 bits per heavy atom. The van der Waals surface area contributed by atoms with Gasteiger partial charge in [-0.1, -0.05) is 60.7 Å². The van der Waals surface area contributed by atoms with Gasteiger partial charge in [-0.15, -0.1) is 0 Å². The molecule has 0 aromatic heterocycles. The smallest absolute Gasteiger partial charge is 0.410 e. The standard InChI is InChI=1S/C34H47N3O7/c1-21(37(7)32(42)44-33(3,4)5)30(40)35-27(22(2)38)29(39)26-25(19-20-34(26,6)43-8)31(41)36-28(23-15-11-9-12-16-23)24-17-13-10-14-18-24/h9-18,21-22,25-28,38H,19-20H2,1-8H3,(H,35,40)(H,36,41)/t21-,22-,25?,26?,27-,34?/m0/s1. The van der Waals surface area contributed by atoms with Crippen molar-refractivity contribution in [3.05, 3.63) is 71.8 Å². The molecular weight excluding hydrogens is 562 g/mol. The van der Waals surface area contributed by atoms with E-state index < -0.39 is 65.1 Å². The van der Waals surface area contributed by atoms with Crippen molar-refractivity contribution < 1.29 is 33.8 Å². The zero-order chi connectivity index (χ0) is 32.8. The Labute approximate surface area is 260 Å². The van der Waals surface area contributed by atoms with Crippen molar-refractivity contribution in [1.29, 1.82) is 0 Å². The lowest BCUT2D eigenvalue weighted by atomic mass is 9.79. The number of carbonyl (C=O) groups is 4. The molecule has 3 unspecified atom stereocenters. The molecule has 10 nitrogen and oxygen atoms in total. The SMILES string of the molecule is COC1(C)CCC(C(=O)NC(c2ccccc2)c2ccccc2)C1C(=O)[C@@H](NC(=O)[C@H](C)N(C)C(=O)OC(C)(C)C)[C@H](C)O. The van der Waals surface area contributed by atoms with Gasteiger partial charge in [0.25, 0.3) is 0 Å². The highest BCUT2D eigenvalue weighted by atomic mass is 16.6. The summed E-state index contributed by atoms with van der Waals surface area (Å²) in [5.74, 6) is -3.22. The second-order valence-electron chi connectivity index (χ2n) is 12.8.